The summed E-state index contributed by atoms with van der Waals surface area (Å²) >= 11 is 0. The lowest BCUT2D eigenvalue weighted by Crippen LogP contribution is -2.24. The van der Waals surface area contributed by atoms with E-state index in [1.54, 1.807) is 6.08 Å². The summed E-state index contributed by atoms with van der Waals surface area (Å²) in [4.78, 5) is 11.6. The number of nitrogens with one attached hydrogen (secondary N) is 2. The van der Waals surface area contributed by atoms with E-state index in [1.165, 1.54) is 6.21 Å². The second kappa shape index (κ2) is 7.65. The topological polar surface area (TPSA) is 53.5 Å². The van der Waals surface area contributed by atoms with Crippen molar-refractivity contribution in [2.24, 2.45) is 5.10 Å². The highest BCUT2D eigenvalue weighted by molar-refractivity contribution is 5.90. The fourth-order valence-electron chi connectivity index (χ4n) is 1.72. The third-order valence-corrected chi connectivity index (χ3v) is 2.81. The Kier molecular flexibility index (Phi) is 5.29. The van der Waals surface area contributed by atoms with E-state index in [1.807, 2.05) is 67.6 Å². The Labute approximate surface area is 124 Å². The number of hydrazone groups is 1. The fraction of sp³-hybridized carbons (Fsp3) is 0.0588. The SMILES string of the molecule is Cc1ccccc1NC(=O)NN=CC=Cc1ccccc1. The van der Waals surface area contributed by atoms with Gasteiger partial charge in [-0.25, -0.2) is 10.2 Å². The Bertz CT molecular complexity index is 648. The second-order valence-corrected chi connectivity index (χ2v) is 4.43. The summed E-state index contributed by atoms with van der Waals surface area (Å²) in [6.45, 7) is 1.93. The maximum absolute atomic E-state index is 11.6. The van der Waals surface area contributed by atoms with E-state index >= 15 is 0 Å². The van der Waals surface area contributed by atoms with Gasteiger partial charge in [0.2, 0.25) is 0 Å². The van der Waals surface area contributed by atoms with Crippen LogP contribution in [-0.2, 0) is 0 Å². The molecule has 0 spiro atoms. The fourth-order valence-corrected chi connectivity index (χ4v) is 1.72. The van der Waals surface area contributed by atoms with Crippen molar-refractivity contribution < 1.29 is 4.79 Å². The summed E-state index contributed by atoms with van der Waals surface area (Å²) in [6.07, 6.45) is 5.21. The summed E-state index contributed by atoms with van der Waals surface area (Å²) in [7, 11) is 0. The molecule has 4 heteroatoms. The smallest absolute Gasteiger partial charge is 0.306 e. The first-order valence-electron chi connectivity index (χ1n) is 6.63. The second-order valence-electron chi connectivity index (χ2n) is 4.43. The molecule has 0 heterocycles. The number of aryl methyl sites for hydroxylation is 1. The quantitative estimate of drug-likeness (QED) is 0.649. The molecule has 0 aromatic heterocycles. The largest absolute Gasteiger partial charge is 0.339 e. The monoisotopic (exact) mass is 279 g/mol. The van der Waals surface area contributed by atoms with Crippen LogP contribution in [0.5, 0.6) is 0 Å². The zero-order valence-corrected chi connectivity index (χ0v) is 11.8. The Morgan fingerprint density at radius 3 is 2.52 bits per heavy atom. The molecule has 0 radical (unpaired) electrons. The summed E-state index contributed by atoms with van der Waals surface area (Å²) in [5, 5.41) is 6.57. The van der Waals surface area contributed by atoms with Crippen molar-refractivity contribution >= 4 is 24.0 Å². The predicted molar refractivity (Wildman–Crippen MR) is 87.3 cm³/mol. The minimum atomic E-state index is -0.367. The molecule has 2 amide bonds. The molecule has 0 bridgehead atoms. The number of carbonyl (C=O) groups is 1. The van der Waals surface area contributed by atoms with Crippen LogP contribution in [0, 0.1) is 6.92 Å². The number of carbonyl (C=O) groups excluding carboxylic acids is 1. The van der Waals surface area contributed by atoms with Crippen LogP contribution >= 0.6 is 0 Å². The van der Waals surface area contributed by atoms with Crippen LogP contribution in [0.2, 0.25) is 0 Å². The van der Waals surface area contributed by atoms with Gasteiger partial charge >= 0.3 is 6.03 Å². The lowest BCUT2D eigenvalue weighted by Gasteiger charge is -2.06. The lowest BCUT2D eigenvalue weighted by atomic mass is 10.2. The van der Waals surface area contributed by atoms with E-state index in [-0.39, 0.29) is 6.03 Å². The van der Waals surface area contributed by atoms with Crippen molar-refractivity contribution in [3.8, 4) is 0 Å². The molecule has 0 aliphatic carbocycles. The van der Waals surface area contributed by atoms with Crippen LogP contribution < -0.4 is 10.7 Å². The van der Waals surface area contributed by atoms with Crippen molar-refractivity contribution in [3.05, 3.63) is 71.8 Å². The van der Waals surface area contributed by atoms with E-state index in [0.717, 1.165) is 16.8 Å². The molecule has 0 aliphatic heterocycles. The van der Waals surface area contributed by atoms with Gasteiger partial charge in [0.1, 0.15) is 0 Å². The number of hydrogen-bond acceptors (Lipinski definition) is 2. The van der Waals surface area contributed by atoms with Crippen LogP contribution in [0.15, 0.2) is 65.8 Å². The maximum atomic E-state index is 11.6. The minimum Gasteiger partial charge on any atom is -0.306 e. The van der Waals surface area contributed by atoms with Gasteiger partial charge in [0.15, 0.2) is 0 Å². The number of amides is 2. The van der Waals surface area contributed by atoms with Gasteiger partial charge in [0.05, 0.1) is 0 Å². The van der Waals surface area contributed by atoms with Crippen molar-refractivity contribution in [3.63, 3.8) is 0 Å². The first kappa shape index (κ1) is 14.5. The molecule has 2 N–H and O–H groups in total. The Hall–Kier alpha value is -2.88. The molecular weight excluding hydrogens is 262 g/mol. The van der Waals surface area contributed by atoms with Crippen LogP contribution in [0.3, 0.4) is 0 Å². The Morgan fingerprint density at radius 2 is 1.76 bits per heavy atom. The zero-order valence-electron chi connectivity index (χ0n) is 11.8. The minimum absolute atomic E-state index is 0.367. The maximum Gasteiger partial charge on any atom is 0.339 e. The molecular formula is C17H17N3O. The van der Waals surface area contributed by atoms with E-state index < -0.39 is 0 Å². The molecule has 0 saturated heterocycles. The van der Waals surface area contributed by atoms with Crippen molar-refractivity contribution in [2.75, 3.05) is 5.32 Å². The highest BCUT2D eigenvalue weighted by atomic mass is 16.2. The van der Waals surface area contributed by atoms with Crippen molar-refractivity contribution in [1.82, 2.24) is 5.43 Å². The number of allylic oxidation sites excluding steroid dienone is 1. The zero-order chi connectivity index (χ0) is 14.9. The van der Waals surface area contributed by atoms with E-state index in [4.69, 9.17) is 0 Å². The molecule has 2 aromatic rings. The third-order valence-electron chi connectivity index (χ3n) is 2.81. The van der Waals surface area contributed by atoms with E-state index in [0.29, 0.717) is 0 Å². The average Bonchev–Trinajstić information content (AvgIpc) is 2.50. The molecule has 0 aliphatic rings. The molecule has 0 saturated carbocycles. The highest BCUT2D eigenvalue weighted by Crippen LogP contribution is 2.12. The van der Waals surface area contributed by atoms with E-state index in [2.05, 4.69) is 15.8 Å². The van der Waals surface area contributed by atoms with Gasteiger partial charge in [-0.3, -0.25) is 0 Å². The number of para-hydroxylation sites is 1. The first-order chi connectivity index (χ1) is 10.3. The summed E-state index contributed by atoms with van der Waals surface area (Å²) < 4.78 is 0. The van der Waals surface area contributed by atoms with Gasteiger partial charge in [0, 0.05) is 11.9 Å². The van der Waals surface area contributed by atoms with Gasteiger partial charge in [-0.05, 0) is 30.2 Å². The summed E-state index contributed by atoms with van der Waals surface area (Å²) in [5.74, 6) is 0. The molecule has 2 aromatic carbocycles. The normalized spacial score (nSPS) is 10.9. The molecule has 106 valence electrons. The first-order valence-corrected chi connectivity index (χ1v) is 6.63. The van der Waals surface area contributed by atoms with Crippen LogP contribution in [0.25, 0.3) is 6.08 Å². The molecule has 21 heavy (non-hydrogen) atoms. The van der Waals surface area contributed by atoms with Gasteiger partial charge in [-0.2, -0.15) is 5.10 Å². The molecule has 2 rings (SSSR count). The van der Waals surface area contributed by atoms with Gasteiger partial charge in [-0.15, -0.1) is 0 Å². The molecule has 4 nitrogen and oxygen atoms in total. The van der Waals surface area contributed by atoms with E-state index in [9.17, 15) is 4.79 Å². The molecule has 0 atom stereocenters. The van der Waals surface area contributed by atoms with Crippen molar-refractivity contribution in [2.45, 2.75) is 6.92 Å². The average molecular weight is 279 g/mol. The summed E-state index contributed by atoms with van der Waals surface area (Å²) in [6, 6.07) is 17.1. The van der Waals surface area contributed by atoms with Crippen molar-refractivity contribution in [1.29, 1.82) is 0 Å². The van der Waals surface area contributed by atoms with Gasteiger partial charge in [-0.1, -0.05) is 54.6 Å². The van der Waals surface area contributed by atoms with Crippen LogP contribution in [0.1, 0.15) is 11.1 Å². The third kappa shape index (κ3) is 4.95. The summed E-state index contributed by atoms with van der Waals surface area (Å²) in [5.41, 5.74) is 5.26. The van der Waals surface area contributed by atoms with Gasteiger partial charge < -0.3 is 5.32 Å². The number of anilines is 1. The predicted octanol–water partition coefficient (Wildman–Crippen LogP) is 3.82. The standard InChI is InChI=1S/C17H17N3O/c1-14-8-5-6-12-16(14)19-17(21)20-18-13-7-11-15-9-3-2-4-10-15/h2-13H,1H3,(H2,19,20,21). The Balaban J connectivity index is 1.80. The number of benzene rings is 2. The number of hydrogen-bond donors (Lipinski definition) is 2. The molecule has 0 unspecified atom stereocenters. The highest BCUT2D eigenvalue weighted by Gasteiger charge is 2.01. The van der Waals surface area contributed by atoms with Crippen LogP contribution in [0.4, 0.5) is 10.5 Å². The molecule has 0 fully saturated rings. The number of nitrogens with zero attached hydrogens (tertiary/aromatic N) is 1. The number of rotatable bonds is 4. The number of urea groups is 1. The lowest BCUT2D eigenvalue weighted by molar-refractivity contribution is 0.252. The van der Waals surface area contributed by atoms with Gasteiger partial charge in [0.25, 0.3) is 0 Å². The Morgan fingerprint density at radius 1 is 1.05 bits per heavy atom. The van der Waals surface area contributed by atoms with Crippen LogP contribution in [-0.4, -0.2) is 12.2 Å².